The maximum absolute atomic E-state index is 13.5. The Morgan fingerprint density at radius 3 is 2.36 bits per heavy atom. The van der Waals surface area contributed by atoms with E-state index in [-0.39, 0.29) is 36.1 Å². The molecule has 9 heteroatoms. The van der Waals surface area contributed by atoms with E-state index in [9.17, 15) is 13.9 Å². The lowest BCUT2D eigenvalue weighted by Gasteiger charge is -2.35. The Morgan fingerprint density at radius 1 is 1.27 bits per heavy atom. The molecule has 1 aliphatic heterocycles. The van der Waals surface area contributed by atoms with Gasteiger partial charge in [0.05, 0.1) is 11.6 Å². The SMILES string of the molecule is COc1cc(Br)c(O)c([C@@H](C(F)F)N2CCNCC2)c1.Cl.Cl. The van der Waals surface area contributed by atoms with Gasteiger partial charge in [-0.2, -0.15) is 0 Å². The van der Waals surface area contributed by atoms with Crippen LogP contribution in [0.1, 0.15) is 11.6 Å². The Hall–Kier alpha value is -0.340. The molecule has 0 aliphatic carbocycles. The number of aromatic hydroxyl groups is 1. The van der Waals surface area contributed by atoms with E-state index in [1.54, 1.807) is 11.0 Å². The van der Waals surface area contributed by atoms with Crippen molar-refractivity contribution in [2.24, 2.45) is 0 Å². The van der Waals surface area contributed by atoms with Crippen LogP contribution < -0.4 is 10.1 Å². The van der Waals surface area contributed by atoms with E-state index >= 15 is 0 Å². The largest absolute Gasteiger partial charge is 0.506 e. The Kier molecular flexibility index (Phi) is 9.57. The van der Waals surface area contributed by atoms with Crippen LogP contribution in [0.5, 0.6) is 11.5 Å². The first-order valence-corrected chi connectivity index (χ1v) is 7.13. The first kappa shape index (κ1) is 21.7. The zero-order valence-electron chi connectivity index (χ0n) is 11.9. The van der Waals surface area contributed by atoms with Crippen LogP contribution in [0.2, 0.25) is 0 Å². The van der Waals surface area contributed by atoms with E-state index in [0.717, 1.165) is 0 Å². The van der Waals surface area contributed by atoms with Gasteiger partial charge in [-0.1, -0.05) is 0 Å². The molecule has 128 valence electrons. The number of hydrogen-bond donors (Lipinski definition) is 2. The van der Waals surface area contributed by atoms with E-state index in [1.165, 1.54) is 13.2 Å². The second kappa shape index (κ2) is 9.72. The van der Waals surface area contributed by atoms with Crippen molar-refractivity contribution in [2.75, 3.05) is 33.3 Å². The molecule has 4 nitrogen and oxygen atoms in total. The summed E-state index contributed by atoms with van der Waals surface area (Å²) in [5, 5.41) is 13.2. The van der Waals surface area contributed by atoms with Crippen LogP contribution in [0.25, 0.3) is 0 Å². The molecule has 2 N–H and O–H groups in total. The van der Waals surface area contributed by atoms with Gasteiger partial charge in [-0.05, 0) is 28.1 Å². The molecule has 0 amide bonds. The summed E-state index contributed by atoms with van der Waals surface area (Å²) in [5.74, 6) is 0.278. The molecule has 1 aromatic rings. The predicted octanol–water partition coefficient (Wildman–Crippen LogP) is 3.22. The summed E-state index contributed by atoms with van der Waals surface area (Å²) in [5.41, 5.74) is 0.188. The third-order valence-electron chi connectivity index (χ3n) is 3.40. The highest BCUT2D eigenvalue weighted by Gasteiger charge is 2.33. The molecule has 0 radical (unpaired) electrons. The highest BCUT2D eigenvalue weighted by atomic mass is 79.9. The number of phenols is 1. The first-order valence-electron chi connectivity index (χ1n) is 6.34. The van der Waals surface area contributed by atoms with Gasteiger partial charge in [0.15, 0.2) is 0 Å². The van der Waals surface area contributed by atoms with Gasteiger partial charge in [-0.25, -0.2) is 8.78 Å². The van der Waals surface area contributed by atoms with Crippen molar-refractivity contribution in [3.05, 3.63) is 22.2 Å². The Morgan fingerprint density at radius 2 is 1.86 bits per heavy atom. The lowest BCUT2D eigenvalue weighted by atomic mass is 10.0. The molecule has 1 saturated heterocycles. The zero-order valence-corrected chi connectivity index (χ0v) is 15.1. The van der Waals surface area contributed by atoms with Crippen molar-refractivity contribution in [1.82, 2.24) is 10.2 Å². The number of benzene rings is 1. The van der Waals surface area contributed by atoms with Crippen LogP contribution in [-0.4, -0.2) is 49.7 Å². The van der Waals surface area contributed by atoms with Gasteiger partial charge in [0, 0.05) is 31.7 Å². The lowest BCUT2D eigenvalue weighted by Crippen LogP contribution is -2.46. The molecule has 22 heavy (non-hydrogen) atoms. The molecular formula is C13H19BrCl2F2N2O2. The normalized spacial score (nSPS) is 16.6. The van der Waals surface area contributed by atoms with Crippen molar-refractivity contribution >= 4 is 40.7 Å². The molecular weight excluding hydrogens is 405 g/mol. The number of phenolic OH excluding ortho intramolecular Hbond substituents is 1. The Labute approximate surface area is 149 Å². The van der Waals surface area contributed by atoms with Crippen LogP contribution in [0.3, 0.4) is 0 Å². The van der Waals surface area contributed by atoms with Crippen molar-refractivity contribution in [2.45, 2.75) is 12.5 Å². The average molecular weight is 424 g/mol. The second-order valence-corrected chi connectivity index (χ2v) is 5.47. The molecule has 2 rings (SSSR count). The topological polar surface area (TPSA) is 44.7 Å². The summed E-state index contributed by atoms with van der Waals surface area (Å²) >= 11 is 3.17. The molecule has 0 bridgehead atoms. The molecule has 1 aromatic carbocycles. The number of alkyl halides is 2. The number of ether oxygens (including phenoxy) is 1. The second-order valence-electron chi connectivity index (χ2n) is 4.61. The van der Waals surface area contributed by atoms with Crippen LogP contribution in [0.4, 0.5) is 8.78 Å². The smallest absolute Gasteiger partial charge is 0.258 e. The van der Waals surface area contributed by atoms with E-state index in [2.05, 4.69) is 21.2 Å². The monoisotopic (exact) mass is 422 g/mol. The number of halogens is 5. The standard InChI is InChI=1S/C13H17BrF2N2O2.2ClH/c1-20-8-6-9(12(19)10(14)7-8)11(13(15)16)18-4-2-17-3-5-18;;/h6-7,11,13,17,19H,2-5H2,1H3;2*1H/t11-;;/m0../s1. The number of nitrogens with zero attached hydrogens (tertiary/aromatic N) is 1. The van der Waals surface area contributed by atoms with Crippen LogP contribution >= 0.6 is 40.7 Å². The fourth-order valence-electron chi connectivity index (χ4n) is 2.39. The minimum atomic E-state index is -2.59. The van der Waals surface area contributed by atoms with Crippen molar-refractivity contribution in [1.29, 1.82) is 0 Å². The zero-order chi connectivity index (χ0) is 14.7. The minimum absolute atomic E-state index is 0. The van der Waals surface area contributed by atoms with Crippen molar-refractivity contribution < 1.29 is 18.6 Å². The molecule has 0 saturated carbocycles. The summed E-state index contributed by atoms with van der Waals surface area (Å²) in [6.45, 7) is 2.36. The third-order valence-corrected chi connectivity index (χ3v) is 4.01. The molecule has 0 spiro atoms. The fourth-order valence-corrected chi connectivity index (χ4v) is 2.84. The van der Waals surface area contributed by atoms with Gasteiger partial charge in [-0.3, -0.25) is 4.90 Å². The van der Waals surface area contributed by atoms with Gasteiger partial charge >= 0.3 is 0 Å². The highest BCUT2D eigenvalue weighted by Crippen LogP contribution is 2.40. The molecule has 0 unspecified atom stereocenters. The minimum Gasteiger partial charge on any atom is -0.506 e. The number of hydrogen-bond acceptors (Lipinski definition) is 4. The van der Waals surface area contributed by atoms with Crippen LogP contribution in [-0.2, 0) is 0 Å². The highest BCUT2D eigenvalue weighted by molar-refractivity contribution is 9.10. The molecule has 1 aliphatic rings. The summed E-state index contributed by atoms with van der Waals surface area (Å²) in [6, 6.07) is 1.89. The van der Waals surface area contributed by atoms with E-state index in [4.69, 9.17) is 4.74 Å². The first-order chi connectivity index (χ1) is 9.54. The van der Waals surface area contributed by atoms with Crippen LogP contribution in [0, 0.1) is 0 Å². The van der Waals surface area contributed by atoms with Gasteiger partial charge in [0.25, 0.3) is 6.43 Å². The van der Waals surface area contributed by atoms with E-state index in [1.807, 2.05) is 0 Å². The quantitative estimate of drug-likeness (QED) is 0.780. The van der Waals surface area contributed by atoms with Crippen molar-refractivity contribution in [3.8, 4) is 11.5 Å². The number of piperazine rings is 1. The van der Waals surface area contributed by atoms with Gasteiger partial charge < -0.3 is 15.2 Å². The summed E-state index contributed by atoms with van der Waals surface area (Å²) < 4.78 is 32.4. The Bertz CT molecular complexity index is 478. The van der Waals surface area contributed by atoms with Gasteiger partial charge in [0.2, 0.25) is 0 Å². The third kappa shape index (κ3) is 4.83. The maximum Gasteiger partial charge on any atom is 0.258 e. The fraction of sp³-hybridized carbons (Fsp3) is 0.538. The maximum atomic E-state index is 13.5. The molecule has 1 fully saturated rings. The van der Waals surface area contributed by atoms with E-state index in [0.29, 0.717) is 36.4 Å². The number of nitrogens with one attached hydrogen (secondary N) is 1. The lowest BCUT2D eigenvalue weighted by molar-refractivity contribution is 0.0169. The predicted molar refractivity (Wildman–Crippen MR) is 90.0 cm³/mol. The van der Waals surface area contributed by atoms with Crippen LogP contribution in [0.15, 0.2) is 16.6 Å². The van der Waals surface area contributed by atoms with Gasteiger partial charge in [0.1, 0.15) is 17.5 Å². The molecule has 0 aromatic heterocycles. The average Bonchev–Trinajstić information content (AvgIpc) is 2.44. The number of rotatable bonds is 4. The Balaban J connectivity index is 0.00000220. The number of methoxy groups -OCH3 is 1. The molecule has 1 heterocycles. The van der Waals surface area contributed by atoms with E-state index < -0.39 is 12.5 Å². The summed E-state index contributed by atoms with van der Waals surface area (Å²) in [6.07, 6.45) is -2.59. The van der Waals surface area contributed by atoms with Gasteiger partial charge in [-0.15, -0.1) is 24.8 Å². The summed E-state index contributed by atoms with van der Waals surface area (Å²) in [7, 11) is 1.46. The summed E-state index contributed by atoms with van der Waals surface area (Å²) in [4.78, 5) is 1.68. The molecule has 1 atom stereocenters. The van der Waals surface area contributed by atoms with Crippen molar-refractivity contribution in [3.63, 3.8) is 0 Å².